The molecular formula is C27H25ClN2O2. The first-order valence-electron chi connectivity index (χ1n) is 10.8. The SMILES string of the molecule is COc1cccc(-c2c([C@@H]3c4ccccc4C(=O)N3CCCCl)c3ccccc3n2C)c1. The quantitative estimate of drug-likeness (QED) is 0.340. The highest BCUT2D eigenvalue weighted by molar-refractivity contribution is 6.17. The van der Waals surface area contributed by atoms with E-state index in [1.54, 1.807) is 7.11 Å². The van der Waals surface area contributed by atoms with Gasteiger partial charge in [-0.1, -0.05) is 48.5 Å². The summed E-state index contributed by atoms with van der Waals surface area (Å²) in [5.41, 5.74) is 6.26. The summed E-state index contributed by atoms with van der Waals surface area (Å²) in [6, 6.07) is 24.3. The number of para-hydroxylation sites is 1. The van der Waals surface area contributed by atoms with Gasteiger partial charge in [0.1, 0.15) is 5.75 Å². The smallest absolute Gasteiger partial charge is 0.255 e. The third-order valence-electron chi connectivity index (χ3n) is 6.35. The normalized spacial score (nSPS) is 15.4. The lowest BCUT2D eigenvalue weighted by Crippen LogP contribution is -2.30. The van der Waals surface area contributed by atoms with Crippen molar-refractivity contribution in [2.75, 3.05) is 19.5 Å². The molecule has 4 nitrogen and oxygen atoms in total. The molecule has 0 aliphatic carbocycles. The largest absolute Gasteiger partial charge is 0.497 e. The summed E-state index contributed by atoms with van der Waals surface area (Å²) in [6.45, 7) is 0.614. The summed E-state index contributed by atoms with van der Waals surface area (Å²) in [7, 11) is 3.77. The molecular weight excluding hydrogens is 420 g/mol. The average Bonchev–Trinajstić information content (AvgIpc) is 3.28. The Hall–Kier alpha value is -3.24. The zero-order chi connectivity index (χ0) is 22.2. The molecule has 4 aromatic rings. The van der Waals surface area contributed by atoms with E-state index in [0.717, 1.165) is 51.0 Å². The van der Waals surface area contributed by atoms with Gasteiger partial charge in [0.05, 0.1) is 18.8 Å². The van der Waals surface area contributed by atoms with Crippen molar-refractivity contribution < 1.29 is 9.53 Å². The lowest BCUT2D eigenvalue weighted by atomic mass is 9.93. The van der Waals surface area contributed by atoms with Crippen LogP contribution in [0.15, 0.2) is 72.8 Å². The molecule has 0 bridgehead atoms. The first kappa shape index (κ1) is 20.7. The molecule has 1 amide bonds. The van der Waals surface area contributed by atoms with Crippen molar-refractivity contribution >= 4 is 28.4 Å². The van der Waals surface area contributed by atoms with E-state index in [2.05, 4.69) is 54.1 Å². The minimum atomic E-state index is -0.172. The molecule has 1 atom stereocenters. The second-order valence-electron chi connectivity index (χ2n) is 8.10. The fourth-order valence-electron chi connectivity index (χ4n) is 4.96. The van der Waals surface area contributed by atoms with Crippen LogP contribution in [0.5, 0.6) is 5.75 Å². The monoisotopic (exact) mass is 444 g/mol. The van der Waals surface area contributed by atoms with Crippen LogP contribution in [0.2, 0.25) is 0 Å². The molecule has 3 aromatic carbocycles. The summed E-state index contributed by atoms with van der Waals surface area (Å²) in [5.74, 6) is 1.39. The molecule has 0 N–H and O–H groups in total. The third-order valence-corrected chi connectivity index (χ3v) is 6.62. The maximum atomic E-state index is 13.4. The van der Waals surface area contributed by atoms with Crippen LogP contribution in [0, 0.1) is 0 Å². The molecule has 0 fully saturated rings. The van der Waals surface area contributed by atoms with E-state index in [0.29, 0.717) is 12.4 Å². The third kappa shape index (κ3) is 3.18. The standard InChI is InChI=1S/C27H25ClN2O2/c1-29-23-14-6-5-13-22(23)24(25(29)18-9-7-10-19(17-18)32-2)26-20-11-3-4-12-21(20)27(31)30(26)16-8-15-28/h3-7,9-14,17,26H,8,15-16H2,1-2H3/t26-/m0/s1. The van der Waals surface area contributed by atoms with Gasteiger partial charge in [0.2, 0.25) is 0 Å². The van der Waals surface area contributed by atoms with Crippen molar-refractivity contribution in [2.45, 2.75) is 12.5 Å². The van der Waals surface area contributed by atoms with E-state index in [-0.39, 0.29) is 11.9 Å². The van der Waals surface area contributed by atoms with Crippen molar-refractivity contribution in [3.8, 4) is 17.0 Å². The molecule has 2 heterocycles. The lowest BCUT2D eigenvalue weighted by Gasteiger charge is -2.27. The van der Waals surface area contributed by atoms with Crippen LogP contribution in [0.1, 0.15) is 33.9 Å². The predicted octanol–water partition coefficient (Wildman–Crippen LogP) is 6.03. The first-order chi connectivity index (χ1) is 15.7. The highest BCUT2D eigenvalue weighted by Gasteiger charge is 2.40. The molecule has 0 saturated carbocycles. The highest BCUT2D eigenvalue weighted by atomic mass is 35.5. The molecule has 5 heteroatoms. The van der Waals surface area contributed by atoms with Crippen molar-refractivity contribution in [3.63, 3.8) is 0 Å². The fourth-order valence-corrected chi connectivity index (χ4v) is 5.08. The van der Waals surface area contributed by atoms with Crippen molar-refractivity contribution in [1.82, 2.24) is 9.47 Å². The summed E-state index contributed by atoms with van der Waals surface area (Å²) in [6.07, 6.45) is 0.747. The van der Waals surface area contributed by atoms with Gasteiger partial charge < -0.3 is 14.2 Å². The Morgan fingerprint density at radius 2 is 1.78 bits per heavy atom. The summed E-state index contributed by atoms with van der Waals surface area (Å²) in [5, 5.41) is 1.15. The van der Waals surface area contributed by atoms with Gasteiger partial charge in [-0.3, -0.25) is 4.79 Å². The van der Waals surface area contributed by atoms with E-state index < -0.39 is 0 Å². The molecule has 0 radical (unpaired) electrons. The maximum absolute atomic E-state index is 13.4. The molecule has 0 spiro atoms. The number of carbonyl (C=O) groups is 1. The number of hydrogen-bond donors (Lipinski definition) is 0. The number of methoxy groups -OCH3 is 1. The number of alkyl halides is 1. The summed E-state index contributed by atoms with van der Waals surface area (Å²) < 4.78 is 7.74. The number of ether oxygens (including phenoxy) is 1. The van der Waals surface area contributed by atoms with E-state index in [1.165, 1.54) is 0 Å². The molecule has 1 aromatic heterocycles. The van der Waals surface area contributed by atoms with Gasteiger partial charge >= 0.3 is 0 Å². The second-order valence-corrected chi connectivity index (χ2v) is 8.48. The van der Waals surface area contributed by atoms with E-state index in [4.69, 9.17) is 16.3 Å². The van der Waals surface area contributed by atoms with Crippen molar-refractivity contribution in [2.24, 2.45) is 7.05 Å². The Kier molecular flexibility index (Phi) is 5.40. The van der Waals surface area contributed by atoms with Crippen LogP contribution in [-0.4, -0.2) is 34.9 Å². The van der Waals surface area contributed by atoms with Crippen LogP contribution in [0.3, 0.4) is 0 Å². The number of benzene rings is 3. The number of aryl methyl sites for hydroxylation is 1. The van der Waals surface area contributed by atoms with Gasteiger partial charge in [-0.15, -0.1) is 11.6 Å². The predicted molar refractivity (Wildman–Crippen MR) is 130 cm³/mol. The lowest BCUT2D eigenvalue weighted by molar-refractivity contribution is 0.0751. The van der Waals surface area contributed by atoms with Crippen LogP contribution in [0.4, 0.5) is 0 Å². The molecule has 32 heavy (non-hydrogen) atoms. The summed E-state index contributed by atoms with van der Waals surface area (Å²) in [4.78, 5) is 15.4. The second kappa shape index (κ2) is 8.36. The highest BCUT2D eigenvalue weighted by Crippen LogP contribution is 2.46. The van der Waals surface area contributed by atoms with E-state index in [9.17, 15) is 4.79 Å². The number of halogens is 1. The minimum absolute atomic E-state index is 0.0697. The van der Waals surface area contributed by atoms with Crippen LogP contribution in [0.25, 0.3) is 22.2 Å². The van der Waals surface area contributed by atoms with Gasteiger partial charge in [-0.05, 0) is 36.2 Å². The van der Waals surface area contributed by atoms with E-state index >= 15 is 0 Å². The molecule has 1 aliphatic heterocycles. The Balaban J connectivity index is 1.82. The minimum Gasteiger partial charge on any atom is -0.497 e. The van der Waals surface area contributed by atoms with Gasteiger partial charge in [0.15, 0.2) is 0 Å². The zero-order valence-electron chi connectivity index (χ0n) is 18.2. The zero-order valence-corrected chi connectivity index (χ0v) is 19.0. The molecule has 0 unspecified atom stereocenters. The maximum Gasteiger partial charge on any atom is 0.255 e. The molecule has 5 rings (SSSR count). The number of fused-ring (bicyclic) bond motifs is 2. The number of nitrogens with zero attached hydrogens (tertiary/aromatic N) is 2. The topological polar surface area (TPSA) is 34.5 Å². The number of rotatable bonds is 6. The van der Waals surface area contributed by atoms with Crippen molar-refractivity contribution in [3.05, 3.63) is 89.5 Å². The number of carbonyl (C=O) groups excluding carboxylic acids is 1. The fraction of sp³-hybridized carbons (Fsp3) is 0.222. The average molecular weight is 445 g/mol. The molecule has 1 aliphatic rings. The summed E-state index contributed by atoms with van der Waals surface area (Å²) >= 11 is 6.04. The van der Waals surface area contributed by atoms with Crippen LogP contribution in [-0.2, 0) is 7.05 Å². The van der Waals surface area contributed by atoms with Crippen LogP contribution < -0.4 is 4.74 Å². The number of aromatic nitrogens is 1. The van der Waals surface area contributed by atoms with Gasteiger partial charge in [-0.2, -0.15) is 0 Å². The van der Waals surface area contributed by atoms with Gasteiger partial charge in [-0.25, -0.2) is 0 Å². The Labute approximate surface area is 193 Å². The Morgan fingerprint density at radius 1 is 1.00 bits per heavy atom. The Bertz CT molecular complexity index is 1310. The molecule has 0 saturated heterocycles. The first-order valence-corrected chi connectivity index (χ1v) is 11.4. The number of hydrogen-bond acceptors (Lipinski definition) is 2. The van der Waals surface area contributed by atoms with Gasteiger partial charge in [0, 0.05) is 47.1 Å². The van der Waals surface area contributed by atoms with Gasteiger partial charge in [0.25, 0.3) is 5.91 Å². The van der Waals surface area contributed by atoms with E-state index in [1.807, 2.05) is 35.2 Å². The molecule has 162 valence electrons. The number of amides is 1. The Morgan fingerprint density at radius 3 is 2.59 bits per heavy atom. The van der Waals surface area contributed by atoms with Crippen molar-refractivity contribution in [1.29, 1.82) is 0 Å². The van der Waals surface area contributed by atoms with Crippen LogP contribution >= 0.6 is 11.6 Å².